The second-order valence-corrected chi connectivity index (χ2v) is 7.58. The minimum Gasteiger partial charge on any atom is -0.339 e. The van der Waals surface area contributed by atoms with Crippen LogP contribution in [0, 0.1) is 6.92 Å². The number of rotatable bonds is 7. The van der Waals surface area contributed by atoms with E-state index in [9.17, 15) is 8.42 Å². The van der Waals surface area contributed by atoms with E-state index >= 15 is 0 Å². The zero-order chi connectivity index (χ0) is 17.7. The molecule has 1 N–H and O–H groups in total. The largest absolute Gasteiger partial charge is 0.339 e. The van der Waals surface area contributed by atoms with E-state index in [1.165, 1.54) is 0 Å². The lowest BCUT2D eigenvalue weighted by Crippen LogP contribution is -2.27. The van der Waals surface area contributed by atoms with Gasteiger partial charge in [-0.2, -0.15) is 4.98 Å². The maximum atomic E-state index is 12.1. The van der Waals surface area contributed by atoms with Gasteiger partial charge in [0, 0.05) is 18.5 Å². The topological polar surface area (TPSA) is 85.1 Å². The number of nitrogens with one attached hydrogen (secondary N) is 1. The highest BCUT2D eigenvalue weighted by molar-refractivity contribution is 7.88. The highest BCUT2D eigenvalue weighted by Gasteiger charge is 2.13. The molecule has 0 amide bonds. The molecule has 0 aliphatic carbocycles. The summed E-state index contributed by atoms with van der Waals surface area (Å²) in [4.78, 5) is 4.31. The van der Waals surface area contributed by atoms with Gasteiger partial charge < -0.3 is 4.52 Å². The molecule has 2 aromatic carbocycles. The number of hydrogen-bond acceptors (Lipinski definition) is 5. The quantitative estimate of drug-likeness (QED) is 0.703. The van der Waals surface area contributed by atoms with Crippen LogP contribution in [0.1, 0.15) is 17.0 Å². The van der Waals surface area contributed by atoms with Crippen molar-refractivity contribution in [2.45, 2.75) is 19.1 Å². The third kappa shape index (κ3) is 4.98. The standard InChI is InChI=1S/C18H19N3O3S/c1-14-6-5-9-16(12-14)18-20-17(24-21-18)10-11-19-25(22,23)13-15-7-3-2-4-8-15/h2-9,12,19H,10-11,13H2,1H3. The minimum atomic E-state index is -3.40. The molecule has 3 rings (SSSR count). The number of nitrogens with zero attached hydrogens (tertiary/aromatic N) is 2. The molecular weight excluding hydrogens is 338 g/mol. The number of benzene rings is 2. The summed E-state index contributed by atoms with van der Waals surface area (Å²) in [7, 11) is -3.40. The van der Waals surface area contributed by atoms with Crippen molar-refractivity contribution in [1.29, 1.82) is 0 Å². The van der Waals surface area contributed by atoms with Crippen molar-refractivity contribution >= 4 is 10.0 Å². The molecule has 0 radical (unpaired) electrons. The van der Waals surface area contributed by atoms with E-state index < -0.39 is 10.0 Å². The molecule has 130 valence electrons. The number of aromatic nitrogens is 2. The first kappa shape index (κ1) is 17.3. The van der Waals surface area contributed by atoms with Gasteiger partial charge in [-0.05, 0) is 18.6 Å². The molecule has 0 bridgehead atoms. The first-order valence-corrected chi connectivity index (χ1v) is 9.58. The number of aryl methyl sites for hydroxylation is 1. The molecule has 6 nitrogen and oxygen atoms in total. The van der Waals surface area contributed by atoms with Crippen LogP contribution in [0.15, 0.2) is 59.1 Å². The number of sulfonamides is 1. The van der Waals surface area contributed by atoms with Crippen LogP contribution in [-0.4, -0.2) is 25.1 Å². The average Bonchev–Trinajstić information content (AvgIpc) is 3.04. The molecule has 1 heterocycles. The van der Waals surface area contributed by atoms with Crippen LogP contribution in [0.25, 0.3) is 11.4 Å². The van der Waals surface area contributed by atoms with Crippen LogP contribution in [0.5, 0.6) is 0 Å². The van der Waals surface area contributed by atoms with Crippen LogP contribution < -0.4 is 4.72 Å². The van der Waals surface area contributed by atoms with Crippen molar-refractivity contribution in [2.75, 3.05) is 6.54 Å². The molecule has 0 fully saturated rings. The maximum Gasteiger partial charge on any atom is 0.228 e. The predicted octanol–water partition coefficient (Wildman–Crippen LogP) is 2.71. The minimum absolute atomic E-state index is 0.0494. The highest BCUT2D eigenvalue weighted by atomic mass is 32.2. The van der Waals surface area contributed by atoms with Crippen molar-refractivity contribution in [2.24, 2.45) is 0 Å². The second-order valence-electron chi connectivity index (χ2n) is 5.77. The fourth-order valence-corrected chi connectivity index (χ4v) is 3.56. The molecule has 3 aromatic rings. The fourth-order valence-electron chi connectivity index (χ4n) is 2.42. The van der Waals surface area contributed by atoms with Gasteiger partial charge in [-0.25, -0.2) is 13.1 Å². The molecule has 0 unspecified atom stereocenters. The molecule has 0 saturated heterocycles. The molecule has 0 atom stereocenters. The van der Waals surface area contributed by atoms with Gasteiger partial charge >= 0.3 is 0 Å². The van der Waals surface area contributed by atoms with E-state index in [-0.39, 0.29) is 12.3 Å². The summed E-state index contributed by atoms with van der Waals surface area (Å²) in [5.74, 6) is 0.858. The van der Waals surface area contributed by atoms with E-state index in [1.54, 1.807) is 12.1 Å². The van der Waals surface area contributed by atoms with E-state index in [2.05, 4.69) is 14.9 Å². The fraction of sp³-hybridized carbons (Fsp3) is 0.222. The Morgan fingerprint density at radius 3 is 2.64 bits per heavy atom. The van der Waals surface area contributed by atoms with Gasteiger partial charge in [-0.3, -0.25) is 0 Å². The smallest absolute Gasteiger partial charge is 0.228 e. The summed E-state index contributed by atoms with van der Waals surface area (Å²) < 4.78 is 31.9. The first-order chi connectivity index (χ1) is 12.0. The first-order valence-electron chi connectivity index (χ1n) is 7.93. The Hall–Kier alpha value is -2.51. The lowest BCUT2D eigenvalue weighted by molar-refractivity contribution is 0.379. The molecular formula is C18H19N3O3S. The van der Waals surface area contributed by atoms with Gasteiger partial charge in [-0.1, -0.05) is 59.3 Å². The SMILES string of the molecule is Cc1cccc(-c2noc(CCNS(=O)(=O)Cc3ccccc3)n2)c1. The summed E-state index contributed by atoms with van der Waals surface area (Å²) >= 11 is 0. The van der Waals surface area contributed by atoms with Crippen molar-refractivity contribution in [3.8, 4) is 11.4 Å². The lowest BCUT2D eigenvalue weighted by atomic mass is 10.1. The molecule has 0 aliphatic rings. The third-order valence-electron chi connectivity index (χ3n) is 3.60. The molecule has 25 heavy (non-hydrogen) atoms. The Balaban J connectivity index is 1.56. The van der Waals surface area contributed by atoms with Crippen LogP contribution in [-0.2, 0) is 22.2 Å². The predicted molar refractivity (Wildman–Crippen MR) is 95.2 cm³/mol. The zero-order valence-corrected chi connectivity index (χ0v) is 14.7. The Labute approximate surface area is 147 Å². The van der Waals surface area contributed by atoms with Gasteiger partial charge in [0.1, 0.15) is 0 Å². The van der Waals surface area contributed by atoms with Crippen LogP contribution in [0.2, 0.25) is 0 Å². The van der Waals surface area contributed by atoms with Crippen LogP contribution >= 0.6 is 0 Å². The van der Waals surface area contributed by atoms with Crippen molar-refractivity contribution in [3.05, 3.63) is 71.6 Å². The molecule has 0 saturated carbocycles. The summed E-state index contributed by atoms with van der Waals surface area (Å²) in [6.07, 6.45) is 0.340. The van der Waals surface area contributed by atoms with Crippen LogP contribution in [0.3, 0.4) is 0 Å². The summed E-state index contributed by atoms with van der Waals surface area (Å²) in [5, 5.41) is 3.95. The third-order valence-corrected chi connectivity index (χ3v) is 4.96. The Bertz CT molecular complexity index is 937. The summed E-state index contributed by atoms with van der Waals surface area (Å²) in [6.45, 7) is 2.20. The average molecular weight is 357 g/mol. The van der Waals surface area contributed by atoms with E-state index in [4.69, 9.17) is 4.52 Å². The second kappa shape index (κ2) is 7.58. The van der Waals surface area contributed by atoms with Gasteiger partial charge in [0.2, 0.25) is 21.7 Å². The molecule has 1 aromatic heterocycles. The Morgan fingerprint density at radius 1 is 1.08 bits per heavy atom. The van der Waals surface area contributed by atoms with Crippen molar-refractivity contribution < 1.29 is 12.9 Å². The maximum absolute atomic E-state index is 12.1. The Morgan fingerprint density at radius 2 is 1.88 bits per heavy atom. The molecule has 0 aliphatic heterocycles. The zero-order valence-electron chi connectivity index (χ0n) is 13.8. The normalized spacial score (nSPS) is 11.6. The van der Waals surface area contributed by atoms with Crippen LogP contribution in [0.4, 0.5) is 0 Å². The Kier molecular flexibility index (Phi) is 5.25. The van der Waals surface area contributed by atoms with Crippen molar-refractivity contribution in [3.63, 3.8) is 0 Å². The van der Waals surface area contributed by atoms with Crippen molar-refractivity contribution in [1.82, 2.24) is 14.9 Å². The highest BCUT2D eigenvalue weighted by Crippen LogP contribution is 2.17. The van der Waals surface area contributed by atoms with Gasteiger partial charge in [-0.15, -0.1) is 0 Å². The van der Waals surface area contributed by atoms with E-state index in [0.29, 0.717) is 18.1 Å². The molecule has 7 heteroatoms. The van der Waals surface area contributed by atoms with E-state index in [1.807, 2.05) is 49.4 Å². The summed E-state index contributed by atoms with van der Waals surface area (Å²) in [5.41, 5.74) is 2.73. The van der Waals surface area contributed by atoms with Gasteiger partial charge in [0.25, 0.3) is 0 Å². The number of hydrogen-bond donors (Lipinski definition) is 1. The molecule has 0 spiro atoms. The van der Waals surface area contributed by atoms with Gasteiger partial charge in [0.05, 0.1) is 5.75 Å². The summed E-state index contributed by atoms with van der Waals surface area (Å²) in [6, 6.07) is 16.8. The van der Waals surface area contributed by atoms with E-state index in [0.717, 1.165) is 16.7 Å². The lowest BCUT2D eigenvalue weighted by Gasteiger charge is -2.05. The monoisotopic (exact) mass is 357 g/mol. The van der Waals surface area contributed by atoms with Gasteiger partial charge in [0.15, 0.2) is 0 Å².